The standard InChI is InChI=1S/C35H28BrN3O7/c1-18-7-8-22(14-29(18)39(44)45)30(40)17-46-35(43)27-16-28(37-32-20(3)13-23(36)15-26(27)32)21-9-11-24(12-10-21)38-33(41)25-6-4-5-19(2)31(25)34(38)42/h4-5,7-16,19,25,31H,6,17H2,1-3H3. The molecule has 6 rings (SSSR count). The molecular formula is C35H28BrN3O7. The first-order valence-electron chi connectivity index (χ1n) is 14.7. The smallest absolute Gasteiger partial charge is 0.339 e. The van der Waals surface area contributed by atoms with Gasteiger partial charge in [-0.15, -0.1) is 0 Å². The van der Waals surface area contributed by atoms with E-state index in [0.29, 0.717) is 39.8 Å². The molecule has 3 unspecified atom stereocenters. The number of imide groups is 1. The van der Waals surface area contributed by atoms with Gasteiger partial charge in [0.2, 0.25) is 17.6 Å². The van der Waals surface area contributed by atoms with Crippen LogP contribution in [-0.2, 0) is 14.3 Å². The van der Waals surface area contributed by atoms with Crippen LogP contribution in [0.4, 0.5) is 11.4 Å². The number of nitro groups is 1. The van der Waals surface area contributed by atoms with Gasteiger partial charge < -0.3 is 4.74 Å². The highest BCUT2D eigenvalue weighted by atomic mass is 79.9. The maximum atomic E-state index is 13.5. The number of Topliss-reactive ketones (excluding diaryl/α,β-unsaturated/α-hetero) is 1. The topological polar surface area (TPSA) is 137 Å². The molecule has 0 spiro atoms. The molecule has 3 atom stereocenters. The Morgan fingerprint density at radius 2 is 1.76 bits per heavy atom. The number of hydrogen-bond acceptors (Lipinski definition) is 8. The Morgan fingerprint density at radius 1 is 1.02 bits per heavy atom. The molecule has 1 aromatic heterocycles. The highest BCUT2D eigenvalue weighted by Gasteiger charge is 2.50. The molecule has 3 aromatic carbocycles. The van der Waals surface area contributed by atoms with Gasteiger partial charge in [0.1, 0.15) is 0 Å². The Hall–Kier alpha value is -5.03. The first-order valence-corrected chi connectivity index (χ1v) is 15.4. The Bertz CT molecular complexity index is 2000. The molecule has 46 heavy (non-hydrogen) atoms. The summed E-state index contributed by atoms with van der Waals surface area (Å²) in [6.45, 7) is 4.76. The predicted octanol–water partition coefficient (Wildman–Crippen LogP) is 6.93. The summed E-state index contributed by atoms with van der Waals surface area (Å²) in [6, 6.07) is 16.1. The molecule has 4 aromatic rings. The van der Waals surface area contributed by atoms with E-state index in [1.165, 1.54) is 23.1 Å². The van der Waals surface area contributed by atoms with Gasteiger partial charge in [0.05, 0.1) is 39.2 Å². The summed E-state index contributed by atoms with van der Waals surface area (Å²) in [7, 11) is 0. The van der Waals surface area contributed by atoms with E-state index in [0.717, 1.165) is 10.0 Å². The van der Waals surface area contributed by atoms with Gasteiger partial charge in [0.25, 0.3) is 5.69 Å². The van der Waals surface area contributed by atoms with Crippen molar-refractivity contribution in [2.75, 3.05) is 11.5 Å². The average Bonchev–Trinajstić information content (AvgIpc) is 3.29. The Morgan fingerprint density at radius 3 is 2.46 bits per heavy atom. The number of ether oxygens (including phenoxy) is 1. The molecule has 0 bridgehead atoms. The number of nitrogens with zero attached hydrogens (tertiary/aromatic N) is 3. The third kappa shape index (κ3) is 5.51. The summed E-state index contributed by atoms with van der Waals surface area (Å²) in [4.78, 5) is 69.6. The fourth-order valence-corrected chi connectivity index (χ4v) is 6.80. The number of esters is 1. The summed E-state index contributed by atoms with van der Waals surface area (Å²) in [5, 5.41) is 11.8. The van der Waals surface area contributed by atoms with Gasteiger partial charge in [0.15, 0.2) is 6.61 Å². The van der Waals surface area contributed by atoms with Crippen molar-refractivity contribution >= 4 is 61.8 Å². The van der Waals surface area contributed by atoms with Crippen molar-refractivity contribution in [1.29, 1.82) is 0 Å². The first kappa shape index (κ1) is 31.0. The quantitative estimate of drug-likeness (QED) is 0.0511. The van der Waals surface area contributed by atoms with Crippen molar-refractivity contribution in [3.05, 3.63) is 110 Å². The summed E-state index contributed by atoms with van der Waals surface area (Å²) < 4.78 is 6.15. The van der Waals surface area contributed by atoms with Crippen LogP contribution in [0.15, 0.2) is 77.3 Å². The van der Waals surface area contributed by atoms with Crippen molar-refractivity contribution in [3.63, 3.8) is 0 Å². The lowest BCUT2D eigenvalue weighted by molar-refractivity contribution is -0.385. The van der Waals surface area contributed by atoms with E-state index in [1.807, 2.05) is 32.1 Å². The highest BCUT2D eigenvalue weighted by Crippen LogP contribution is 2.41. The van der Waals surface area contributed by atoms with Gasteiger partial charge in [-0.05, 0) is 62.1 Å². The Labute approximate surface area is 272 Å². The van der Waals surface area contributed by atoms with Gasteiger partial charge in [-0.3, -0.25) is 29.4 Å². The van der Waals surface area contributed by atoms with Crippen molar-refractivity contribution in [2.24, 2.45) is 17.8 Å². The number of benzene rings is 3. The van der Waals surface area contributed by atoms with Gasteiger partial charge in [-0.1, -0.05) is 59.3 Å². The number of hydrogen-bond donors (Lipinski definition) is 0. The van der Waals surface area contributed by atoms with Crippen molar-refractivity contribution in [3.8, 4) is 11.3 Å². The van der Waals surface area contributed by atoms with E-state index in [1.54, 1.807) is 43.3 Å². The third-order valence-electron chi connectivity index (χ3n) is 8.64. The number of fused-ring (bicyclic) bond motifs is 2. The summed E-state index contributed by atoms with van der Waals surface area (Å²) in [5.74, 6) is -2.52. The number of carbonyl (C=O) groups excluding carboxylic acids is 4. The van der Waals surface area contributed by atoms with Crippen molar-refractivity contribution < 1.29 is 28.8 Å². The molecule has 2 aliphatic rings. The minimum absolute atomic E-state index is 0.0200. The largest absolute Gasteiger partial charge is 0.454 e. The van der Waals surface area contributed by atoms with Crippen LogP contribution in [-0.4, -0.2) is 40.1 Å². The second kappa shape index (κ2) is 12.1. The zero-order chi connectivity index (χ0) is 32.9. The molecule has 232 valence electrons. The lowest BCUT2D eigenvalue weighted by Crippen LogP contribution is -2.31. The molecule has 1 aliphatic carbocycles. The van der Waals surface area contributed by atoms with Crippen LogP contribution >= 0.6 is 15.9 Å². The molecule has 1 aliphatic heterocycles. The monoisotopic (exact) mass is 681 g/mol. The fourth-order valence-electron chi connectivity index (χ4n) is 6.23. The average molecular weight is 683 g/mol. The molecule has 10 nitrogen and oxygen atoms in total. The fraction of sp³-hybridized carbons (Fsp3) is 0.229. The third-order valence-corrected chi connectivity index (χ3v) is 9.10. The van der Waals surface area contributed by atoms with Gasteiger partial charge >= 0.3 is 5.97 Å². The molecular weight excluding hydrogens is 654 g/mol. The van der Waals surface area contributed by atoms with Crippen LogP contribution < -0.4 is 4.90 Å². The van der Waals surface area contributed by atoms with Crippen LogP contribution in [0.1, 0.15) is 45.2 Å². The highest BCUT2D eigenvalue weighted by molar-refractivity contribution is 9.10. The van der Waals surface area contributed by atoms with Gasteiger partial charge in [-0.25, -0.2) is 9.78 Å². The van der Waals surface area contributed by atoms with E-state index < -0.39 is 23.3 Å². The number of carbonyl (C=O) groups is 4. The molecule has 2 heterocycles. The second-order valence-electron chi connectivity index (χ2n) is 11.6. The molecule has 2 amide bonds. The number of aromatic nitrogens is 1. The zero-order valence-electron chi connectivity index (χ0n) is 25.2. The first-order chi connectivity index (χ1) is 21.9. The molecule has 0 saturated carbocycles. The minimum atomic E-state index is -0.767. The van der Waals surface area contributed by atoms with E-state index >= 15 is 0 Å². The molecule has 1 fully saturated rings. The zero-order valence-corrected chi connectivity index (χ0v) is 26.7. The van der Waals surface area contributed by atoms with Gasteiger partial charge in [-0.2, -0.15) is 0 Å². The Balaban J connectivity index is 1.30. The van der Waals surface area contributed by atoms with E-state index in [-0.39, 0.29) is 46.4 Å². The van der Waals surface area contributed by atoms with E-state index in [4.69, 9.17) is 9.72 Å². The summed E-state index contributed by atoms with van der Waals surface area (Å²) in [5.41, 5.74) is 3.33. The van der Waals surface area contributed by atoms with Crippen molar-refractivity contribution in [1.82, 2.24) is 4.98 Å². The van der Waals surface area contributed by atoms with Crippen LogP contribution in [0, 0.1) is 41.7 Å². The molecule has 1 saturated heterocycles. The van der Waals surface area contributed by atoms with Crippen LogP contribution in [0.2, 0.25) is 0 Å². The van der Waals surface area contributed by atoms with Crippen molar-refractivity contribution in [2.45, 2.75) is 27.2 Å². The van der Waals surface area contributed by atoms with Crippen LogP contribution in [0.3, 0.4) is 0 Å². The maximum Gasteiger partial charge on any atom is 0.339 e. The number of ketones is 1. The lowest BCUT2D eigenvalue weighted by atomic mass is 9.78. The molecule has 11 heteroatoms. The van der Waals surface area contributed by atoms with Gasteiger partial charge in [0, 0.05) is 32.6 Å². The second-order valence-corrected chi connectivity index (χ2v) is 12.6. The number of pyridine rings is 1. The maximum absolute atomic E-state index is 13.5. The number of amides is 2. The SMILES string of the molecule is Cc1ccc(C(=O)COC(=O)c2cc(-c3ccc(N4C(=O)C5CC=CC(C)C5C4=O)cc3)nc3c(C)cc(Br)cc23)cc1[N+](=O)[O-]. The van der Waals surface area contributed by atoms with Crippen LogP contribution in [0.5, 0.6) is 0 Å². The molecule has 0 radical (unpaired) electrons. The predicted molar refractivity (Wildman–Crippen MR) is 174 cm³/mol. The summed E-state index contributed by atoms with van der Waals surface area (Å²) >= 11 is 3.47. The molecule has 0 N–H and O–H groups in total. The lowest BCUT2D eigenvalue weighted by Gasteiger charge is -2.22. The number of allylic oxidation sites excluding steroid dienone is 2. The van der Waals surface area contributed by atoms with Crippen LogP contribution in [0.25, 0.3) is 22.2 Å². The normalized spacial score (nSPS) is 19.0. The number of rotatable bonds is 7. The number of halogens is 1. The number of anilines is 1. The van der Waals surface area contributed by atoms with E-state index in [9.17, 15) is 29.3 Å². The Kier molecular flexibility index (Phi) is 8.11. The summed E-state index contributed by atoms with van der Waals surface area (Å²) in [6.07, 6.45) is 4.49. The number of aryl methyl sites for hydroxylation is 2. The van der Waals surface area contributed by atoms with E-state index in [2.05, 4.69) is 15.9 Å². The minimum Gasteiger partial charge on any atom is -0.454 e. The number of nitro benzene ring substituents is 1.